The first-order valence-electron chi connectivity index (χ1n) is 31.5. The Labute approximate surface area is 521 Å². The number of nitrogens with zero attached hydrogens (tertiary/aromatic N) is 2. The van der Waals surface area contributed by atoms with Gasteiger partial charge in [-0.1, -0.05) is 265 Å². The van der Waals surface area contributed by atoms with E-state index in [1.807, 2.05) is 0 Å². The molecular formula is C82H74B2N2O2. The molecule has 0 spiro atoms. The summed E-state index contributed by atoms with van der Waals surface area (Å²) in [6.07, 6.45) is 0. The monoisotopic (exact) mass is 1140 g/mol. The summed E-state index contributed by atoms with van der Waals surface area (Å²) in [5, 5.41) is 0. The minimum atomic E-state index is -0.447. The van der Waals surface area contributed by atoms with Crippen LogP contribution in [0.15, 0.2) is 231 Å². The van der Waals surface area contributed by atoms with Crippen LogP contribution in [-0.2, 0) is 21.7 Å². The van der Waals surface area contributed by atoms with Crippen LogP contribution in [0.4, 0.5) is 34.1 Å². The van der Waals surface area contributed by atoms with E-state index in [4.69, 9.17) is 9.47 Å². The van der Waals surface area contributed by atoms with Crippen LogP contribution in [-0.4, -0.2) is 13.4 Å². The number of benzene rings is 11. The molecule has 0 radical (unpaired) electrons. The van der Waals surface area contributed by atoms with Crippen molar-refractivity contribution < 1.29 is 9.47 Å². The first-order valence-corrected chi connectivity index (χ1v) is 31.5. The molecule has 6 heteroatoms. The average molecular weight is 1140 g/mol. The lowest BCUT2D eigenvalue weighted by Crippen LogP contribution is -2.64. The minimum Gasteiger partial charge on any atom is -0.458 e. The Balaban J connectivity index is 1.05. The summed E-state index contributed by atoms with van der Waals surface area (Å²) >= 11 is 0. The zero-order chi connectivity index (χ0) is 60.8. The lowest BCUT2D eigenvalue weighted by Gasteiger charge is -2.45. The lowest BCUT2D eigenvalue weighted by molar-refractivity contribution is 0.426. The van der Waals surface area contributed by atoms with Gasteiger partial charge in [0.2, 0.25) is 0 Å². The van der Waals surface area contributed by atoms with Crippen molar-refractivity contribution in [2.24, 2.45) is 0 Å². The van der Waals surface area contributed by atoms with Gasteiger partial charge in [0.1, 0.15) is 23.0 Å². The third-order valence-corrected chi connectivity index (χ3v) is 18.9. The quantitative estimate of drug-likeness (QED) is 0.155. The summed E-state index contributed by atoms with van der Waals surface area (Å²) in [4.78, 5) is 5.14. The molecule has 0 aliphatic carbocycles. The van der Waals surface area contributed by atoms with Gasteiger partial charge in [-0.2, -0.15) is 0 Å². The number of rotatable bonds is 6. The molecule has 0 unspecified atom stereocenters. The molecule has 0 N–H and O–H groups in total. The first-order chi connectivity index (χ1) is 42.2. The second-order valence-corrected chi connectivity index (χ2v) is 28.9. The standard InChI is InChI=1S/C82H74B2N2O2/c1-79(2,3)57-36-40-60(41-37-57)85-67-48-58(80(4,5)6)38-42-63(67)83-65-50-66-78(73(82(10,11)12)77(65)87-71-46-55(44-69(85)74(71)83)51-26-17-13-18-27-51)88-72-47-56(52-28-19-14-20-29-52)45-70-75(72)84(66)64-43-39-59(81(7,8)9)49-68(64)86(70)76-61(53-30-21-15-22-31-53)34-25-35-62(76)54-32-23-16-24-33-54/h13-50H,1-12H3. The summed E-state index contributed by atoms with van der Waals surface area (Å²) in [5.74, 6) is 3.47. The molecule has 11 aromatic carbocycles. The van der Waals surface area contributed by atoms with Gasteiger partial charge in [-0.05, 0) is 153 Å². The van der Waals surface area contributed by atoms with Crippen LogP contribution in [0.5, 0.6) is 23.0 Å². The number of hydrogen-bond acceptors (Lipinski definition) is 4. The number of anilines is 6. The van der Waals surface area contributed by atoms with Crippen molar-refractivity contribution in [3.63, 3.8) is 0 Å². The van der Waals surface area contributed by atoms with E-state index in [0.717, 1.165) is 118 Å². The van der Waals surface area contributed by atoms with Gasteiger partial charge in [-0.3, -0.25) is 0 Å². The zero-order valence-corrected chi connectivity index (χ0v) is 52.8. The molecule has 0 atom stereocenters. The van der Waals surface area contributed by atoms with E-state index in [9.17, 15) is 0 Å². The van der Waals surface area contributed by atoms with E-state index in [2.05, 4.69) is 323 Å². The summed E-state index contributed by atoms with van der Waals surface area (Å²) in [7, 11) is 0. The molecule has 0 bridgehead atoms. The van der Waals surface area contributed by atoms with Crippen LogP contribution >= 0.6 is 0 Å². The van der Waals surface area contributed by atoms with E-state index in [-0.39, 0.29) is 29.7 Å². The summed E-state index contributed by atoms with van der Waals surface area (Å²) < 4.78 is 15.8. The van der Waals surface area contributed by atoms with Crippen molar-refractivity contribution in [3.05, 3.63) is 253 Å². The van der Waals surface area contributed by atoms with E-state index >= 15 is 0 Å². The van der Waals surface area contributed by atoms with Crippen molar-refractivity contribution >= 4 is 80.3 Å². The number of para-hydroxylation sites is 1. The number of hydrogen-bond donors (Lipinski definition) is 0. The number of ether oxygens (including phenoxy) is 2. The maximum atomic E-state index is 7.92. The lowest BCUT2D eigenvalue weighted by atomic mass is 9.30. The van der Waals surface area contributed by atoms with E-state index in [1.54, 1.807) is 0 Å². The van der Waals surface area contributed by atoms with Crippen LogP contribution < -0.4 is 52.1 Å². The smallest absolute Gasteiger partial charge is 0.256 e. The van der Waals surface area contributed by atoms with Crippen molar-refractivity contribution in [1.29, 1.82) is 0 Å². The molecule has 15 rings (SSSR count). The third-order valence-electron chi connectivity index (χ3n) is 18.9. The fraction of sp³-hybridized carbons (Fsp3) is 0.195. The molecule has 11 aromatic rings. The Morgan fingerprint density at radius 2 is 0.682 bits per heavy atom. The Kier molecular flexibility index (Phi) is 12.7. The average Bonchev–Trinajstić information content (AvgIpc) is 0.713. The fourth-order valence-corrected chi connectivity index (χ4v) is 14.4. The van der Waals surface area contributed by atoms with Crippen molar-refractivity contribution in [1.82, 2.24) is 0 Å². The van der Waals surface area contributed by atoms with Crippen molar-refractivity contribution in [2.75, 3.05) is 9.80 Å². The fourth-order valence-electron chi connectivity index (χ4n) is 14.4. The van der Waals surface area contributed by atoms with E-state index in [1.165, 1.54) is 38.8 Å². The van der Waals surface area contributed by atoms with Gasteiger partial charge in [0.25, 0.3) is 13.4 Å². The first kappa shape index (κ1) is 55.3. The van der Waals surface area contributed by atoms with Gasteiger partial charge in [0.15, 0.2) is 0 Å². The highest BCUT2D eigenvalue weighted by atomic mass is 16.5. The highest BCUT2D eigenvalue weighted by Gasteiger charge is 2.50. The molecule has 430 valence electrons. The maximum absolute atomic E-state index is 7.92. The largest absolute Gasteiger partial charge is 0.458 e. The van der Waals surface area contributed by atoms with E-state index < -0.39 is 5.41 Å². The summed E-state index contributed by atoms with van der Waals surface area (Å²) in [5.41, 5.74) is 27.2. The number of fused-ring (bicyclic) bond motifs is 8. The highest BCUT2D eigenvalue weighted by Crippen LogP contribution is 2.53. The zero-order valence-electron chi connectivity index (χ0n) is 52.8. The molecule has 4 heterocycles. The van der Waals surface area contributed by atoms with Crippen LogP contribution in [0.2, 0.25) is 0 Å². The Morgan fingerprint density at radius 1 is 0.295 bits per heavy atom. The molecule has 0 amide bonds. The van der Waals surface area contributed by atoms with Gasteiger partial charge < -0.3 is 19.3 Å². The third kappa shape index (κ3) is 9.04. The maximum Gasteiger partial charge on any atom is 0.256 e. The van der Waals surface area contributed by atoms with Gasteiger partial charge in [-0.25, -0.2) is 0 Å². The molecule has 4 aliphatic heterocycles. The normalized spacial score (nSPS) is 13.8. The molecule has 88 heavy (non-hydrogen) atoms. The molecule has 4 nitrogen and oxygen atoms in total. The molecule has 0 fully saturated rings. The van der Waals surface area contributed by atoms with Gasteiger partial charge in [0, 0.05) is 45.1 Å². The SMILES string of the molecule is CC(C)(C)c1ccc(N2c3cc(C(C)(C)C)ccc3B3c4cc5c(c(C(C)(C)C)c4Oc4cc(-c6ccccc6)cc2c43)Oc2cc(-c3ccccc3)cc3c2B5c2ccc(C(C)(C)C)cc2N3c2c(-c3ccccc3)cccc2-c2ccccc2)cc1. The molecule has 0 aromatic heterocycles. The van der Waals surface area contributed by atoms with Crippen molar-refractivity contribution in [2.45, 2.75) is 105 Å². The topological polar surface area (TPSA) is 24.9 Å². The molecule has 0 saturated heterocycles. The van der Waals surface area contributed by atoms with Crippen LogP contribution in [0.3, 0.4) is 0 Å². The Bertz CT molecular complexity index is 4530. The Hall–Kier alpha value is -9.25. The second-order valence-electron chi connectivity index (χ2n) is 28.9. The predicted molar refractivity (Wildman–Crippen MR) is 375 cm³/mol. The van der Waals surface area contributed by atoms with Gasteiger partial charge in [-0.15, -0.1) is 0 Å². The molecular weight excluding hydrogens is 1070 g/mol. The van der Waals surface area contributed by atoms with Gasteiger partial charge >= 0.3 is 0 Å². The summed E-state index contributed by atoms with van der Waals surface area (Å²) in [6, 6.07) is 86.3. The summed E-state index contributed by atoms with van der Waals surface area (Å²) in [6.45, 7) is 27.5. The van der Waals surface area contributed by atoms with Crippen LogP contribution in [0.1, 0.15) is 105 Å². The van der Waals surface area contributed by atoms with Gasteiger partial charge in [0.05, 0.1) is 5.69 Å². The second kappa shape index (κ2) is 20.2. The minimum absolute atomic E-state index is 0.00435. The Morgan fingerprint density at radius 3 is 1.09 bits per heavy atom. The van der Waals surface area contributed by atoms with Crippen molar-refractivity contribution in [3.8, 4) is 67.5 Å². The predicted octanol–water partition coefficient (Wildman–Crippen LogP) is 18.4. The van der Waals surface area contributed by atoms with Crippen LogP contribution in [0.25, 0.3) is 44.5 Å². The molecule has 4 aliphatic rings. The van der Waals surface area contributed by atoms with Crippen LogP contribution in [0, 0.1) is 0 Å². The van der Waals surface area contributed by atoms with E-state index in [0.29, 0.717) is 0 Å². The molecule has 0 saturated carbocycles. The highest BCUT2D eigenvalue weighted by molar-refractivity contribution is 7.02.